The highest BCUT2D eigenvalue weighted by molar-refractivity contribution is 7.90. The van der Waals surface area contributed by atoms with Crippen molar-refractivity contribution in [3.63, 3.8) is 0 Å². The second-order valence-electron chi connectivity index (χ2n) is 8.63. The van der Waals surface area contributed by atoms with E-state index in [4.69, 9.17) is 9.47 Å². The summed E-state index contributed by atoms with van der Waals surface area (Å²) in [7, 11) is -2.11. The third-order valence-electron chi connectivity index (χ3n) is 6.01. The van der Waals surface area contributed by atoms with Crippen LogP contribution in [-0.2, 0) is 14.8 Å². The highest BCUT2D eigenvalue weighted by Crippen LogP contribution is 2.27. The summed E-state index contributed by atoms with van der Waals surface area (Å²) in [5.74, 6) is 0.334. The first-order valence-corrected chi connectivity index (χ1v) is 13.0. The maximum absolute atomic E-state index is 13.3. The van der Waals surface area contributed by atoms with Crippen molar-refractivity contribution in [3.05, 3.63) is 102 Å². The molecule has 1 N–H and O–H groups in total. The van der Waals surface area contributed by atoms with E-state index >= 15 is 0 Å². The quantitative estimate of drug-likeness (QED) is 0.367. The van der Waals surface area contributed by atoms with Crippen molar-refractivity contribution in [2.24, 2.45) is 4.40 Å². The van der Waals surface area contributed by atoms with Gasteiger partial charge in [-0.1, -0.05) is 48.5 Å². The van der Waals surface area contributed by atoms with E-state index < -0.39 is 22.1 Å². The van der Waals surface area contributed by atoms with Crippen LogP contribution in [0.2, 0.25) is 0 Å². The molecule has 188 valence electrons. The van der Waals surface area contributed by atoms with E-state index in [1.165, 1.54) is 18.2 Å². The van der Waals surface area contributed by atoms with Gasteiger partial charge in [-0.05, 0) is 53.2 Å². The van der Waals surface area contributed by atoms with Gasteiger partial charge in [0.25, 0.3) is 10.0 Å². The third-order valence-corrected chi connectivity index (χ3v) is 7.33. The Morgan fingerprint density at radius 2 is 1.65 bits per heavy atom. The lowest BCUT2D eigenvalue weighted by Gasteiger charge is -2.26. The number of hydrogen-bond acceptors (Lipinski definition) is 7. The smallest absolute Gasteiger partial charge is 0.339 e. The van der Waals surface area contributed by atoms with Crippen LogP contribution in [0.4, 0.5) is 0 Å². The number of aromatic hydroxyl groups is 1. The number of ether oxygens (including phenoxy) is 2. The molecule has 0 amide bonds. The number of benzene rings is 4. The molecule has 4 aromatic rings. The number of fused-ring (bicyclic) bond motifs is 2. The second kappa shape index (κ2) is 9.94. The van der Waals surface area contributed by atoms with Crippen molar-refractivity contribution in [2.45, 2.75) is 11.0 Å². The van der Waals surface area contributed by atoms with Crippen molar-refractivity contribution in [2.75, 3.05) is 20.2 Å². The van der Waals surface area contributed by atoms with E-state index in [9.17, 15) is 18.3 Å². The average Bonchev–Trinajstić information content (AvgIpc) is 3.18. The second-order valence-corrected chi connectivity index (χ2v) is 10.2. The van der Waals surface area contributed by atoms with Crippen LogP contribution >= 0.6 is 0 Å². The van der Waals surface area contributed by atoms with Crippen LogP contribution in [-0.4, -0.2) is 56.5 Å². The monoisotopic (exact) mass is 516 g/mol. The van der Waals surface area contributed by atoms with Crippen molar-refractivity contribution >= 4 is 32.6 Å². The fourth-order valence-electron chi connectivity index (χ4n) is 4.23. The highest BCUT2D eigenvalue weighted by Gasteiger charge is 2.32. The van der Waals surface area contributed by atoms with Gasteiger partial charge in [0.2, 0.25) is 0 Å². The van der Waals surface area contributed by atoms with Gasteiger partial charge in [-0.3, -0.25) is 0 Å². The highest BCUT2D eigenvalue weighted by atomic mass is 32.2. The van der Waals surface area contributed by atoms with Gasteiger partial charge >= 0.3 is 5.97 Å². The molecule has 1 aliphatic rings. The van der Waals surface area contributed by atoms with Crippen molar-refractivity contribution in [3.8, 4) is 11.5 Å². The van der Waals surface area contributed by atoms with E-state index in [1.807, 2.05) is 30.3 Å². The number of carbonyl (C=O) groups is 1. The molecule has 1 heterocycles. The number of amidine groups is 1. The zero-order valence-corrected chi connectivity index (χ0v) is 20.8. The molecule has 0 saturated carbocycles. The van der Waals surface area contributed by atoms with Gasteiger partial charge in [0.1, 0.15) is 23.0 Å². The largest absolute Gasteiger partial charge is 0.508 e. The van der Waals surface area contributed by atoms with Crippen molar-refractivity contribution in [1.29, 1.82) is 0 Å². The summed E-state index contributed by atoms with van der Waals surface area (Å²) in [6.07, 6.45) is -0.775. The molecule has 5 rings (SSSR count). The molecule has 0 aliphatic carbocycles. The number of phenolic OH excluding ortho intramolecular Hbond substituents is 1. The summed E-state index contributed by atoms with van der Waals surface area (Å²) in [4.78, 5) is 15.1. The average molecular weight is 517 g/mol. The molecule has 0 aromatic heterocycles. The van der Waals surface area contributed by atoms with Crippen LogP contribution in [0.15, 0.2) is 100 Å². The summed E-state index contributed by atoms with van der Waals surface area (Å²) in [5.41, 5.74) is 0.907. The Kier molecular flexibility index (Phi) is 6.54. The molecule has 0 bridgehead atoms. The normalized spacial score (nSPS) is 14.5. The molecular weight excluding hydrogens is 492 g/mol. The maximum Gasteiger partial charge on any atom is 0.339 e. The number of likely N-dealkylation sites (N-methyl/N-ethyl adjacent to an activating group) is 1. The van der Waals surface area contributed by atoms with Gasteiger partial charge in [-0.25, -0.2) is 4.79 Å². The van der Waals surface area contributed by atoms with Gasteiger partial charge in [0.05, 0.1) is 12.1 Å². The lowest BCUT2D eigenvalue weighted by molar-refractivity contribution is 0.0132. The van der Waals surface area contributed by atoms with Crippen molar-refractivity contribution in [1.82, 2.24) is 4.90 Å². The van der Waals surface area contributed by atoms with E-state index in [2.05, 4.69) is 4.40 Å². The summed E-state index contributed by atoms with van der Waals surface area (Å²) < 4.78 is 40.8. The Hall–Kier alpha value is -4.37. The van der Waals surface area contributed by atoms with E-state index in [-0.39, 0.29) is 29.6 Å². The van der Waals surface area contributed by atoms with Gasteiger partial charge in [-0.2, -0.15) is 8.42 Å². The molecule has 37 heavy (non-hydrogen) atoms. The summed E-state index contributed by atoms with van der Waals surface area (Å²) >= 11 is 0. The zero-order valence-electron chi connectivity index (χ0n) is 19.9. The number of phenols is 1. The predicted molar refractivity (Wildman–Crippen MR) is 140 cm³/mol. The van der Waals surface area contributed by atoms with Crippen molar-refractivity contribution < 1.29 is 27.8 Å². The number of rotatable bonds is 7. The van der Waals surface area contributed by atoms with E-state index in [1.54, 1.807) is 54.4 Å². The standard InChI is InChI=1S/C28H24N2O6S/c1-30(27-25-10-4-5-12-26(25)37(33,34)29-27)17-22(18-35-21-15-13-20(31)14-16-21)36-28(32)24-11-6-8-19-7-2-3-9-23(19)24/h2-16,22,31H,17-18H2,1H3. The Morgan fingerprint density at radius 1 is 0.946 bits per heavy atom. The molecule has 1 atom stereocenters. The minimum atomic E-state index is -3.80. The van der Waals surface area contributed by atoms with Gasteiger partial charge in [-0.15, -0.1) is 4.40 Å². The van der Waals surface area contributed by atoms with E-state index in [0.29, 0.717) is 16.9 Å². The molecule has 0 radical (unpaired) electrons. The zero-order chi connectivity index (χ0) is 26.0. The number of nitrogens with zero attached hydrogens (tertiary/aromatic N) is 2. The summed E-state index contributed by atoms with van der Waals surface area (Å²) in [6, 6.07) is 25.7. The predicted octanol–water partition coefficient (Wildman–Crippen LogP) is 4.23. The minimum absolute atomic E-state index is 0.00665. The molecular formula is C28H24N2O6S. The fraction of sp³-hybridized carbons (Fsp3) is 0.143. The molecule has 0 spiro atoms. The lowest BCUT2D eigenvalue weighted by atomic mass is 10.0. The topological polar surface area (TPSA) is 106 Å². The first kappa shape index (κ1) is 24.3. The van der Waals surface area contributed by atoms with Crippen LogP contribution < -0.4 is 4.74 Å². The van der Waals surface area contributed by atoms with Crippen LogP contribution in [0.1, 0.15) is 15.9 Å². The third kappa shape index (κ3) is 5.12. The molecule has 4 aromatic carbocycles. The van der Waals surface area contributed by atoms with Crippen LogP contribution in [0.5, 0.6) is 11.5 Å². The van der Waals surface area contributed by atoms with E-state index in [0.717, 1.165) is 10.8 Å². The number of carbonyl (C=O) groups excluding carboxylic acids is 1. The first-order chi connectivity index (χ1) is 17.8. The van der Waals surface area contributed by atoms with Crippen LogP contribution in [0.3, 0.4) is 0 Å². The van der Waals surface area contributed by atoms with Gasteiger partial charge in [0.15, 0.2) is 11.9 Å². The molecule has 8 nitrogen and oxygen atoms in total. The first-order valence-electron chi connectivity index (χ1n) is 11.6. The minimum Gasteiger partial charge on any atom is -0.508 e. The molecule has 0 fully saturated rings. The van der Waals surface area contributed by atoms with Gasteiger partial charge < -0.3 is 19.5 Å². The van der Waals surface area contributed by atoms with Gasteiger partial charge in [0, 0.05) is 12.6 Å². The summed E-state index contributed by atoms with van der Waals surface area (Å²) in [6.45, 7) is 0.116. The number of hydrogen-bond donors (Lipinski definition) is 1. The number of esters is 1. The Balaban J connectivity index is 1.40. The fourth-order valence-corrected chi connectivity index (χ4v) is 5.48. The molecule has 1 aliphatic heterocycles. The number of sulfonamides is 1. The lowest BCUT2D eigenvalue weighted by Crippen LogP contribution is -2.39. The molecule has 9 heteroatoms. The van der Waals surface area contributed by atoms with Crippen LogP contribution in [0, 0.1) is 0 Å². The maximum atomic E-state index is 13.3. The van der Waals surface area contributed by atoms with Crippen LogP contribution in [0.25, 0.3) is 10.8 Å². The Labute approximate surface area is 214 Å². The SMILES string of the molecule is CN(CC(COc1ccc(O)cc1)OC(=O)c1cccc2ccccc12)C1=NS(=O)(=O)c2ccccc21. The molecule has 0 saturated heterocycles. The molecule has 1 unspecified atom stereocenters. The Morgan fingerprint density at radius 3 is 2.46 bits per heavy atom. The summed E-state index contributed by atoms with van der Waals surface area (Å²) in [5, 5.41) is 11.2. The Bertz CT molecular complexity index is 1590.